The van der Waals surface area contributed by atoms with Crippen LogP contribution in [-0.2, 0) is 9.47 Å². The number of methoxy groups -OCH3 is 3. The molecule has 115 heavy (non-hydrogen) atoms. The summed E-state index contributed by atoms with van der Waals surface area (Å²) < 4.78 is 73.8. The lowest BCUT2D eigenvalue weighted by molar-refractivity contribution is 0.0230. The number of benzene rings is 3. The SMILES string of the molecule is C1CCNCC1.CC(C)(C)OC(=O)N1CCN(c2cc(=O)n3cc(Br)ccc3n2)CC1.COc1ccc(-c2ccc3nc(N4CCN(C(=O)OC(C)(C)C)CC4)cc(=O)n3c2)cc1F.COc1ccc(-c2ccc3nc(N4CCNCC4)cc(=O)n3c2)cc1F.COc1ccc(B(O)O)cc1F.O=c1cc(Cl)nc2ccc(Br)cn12. The Bertz CT molecular complexity index is 5490. The normalized spacial score (nSPS) is 14.3. The quantitative estimate of drug-likeness (QED) is 0.0771. The molecule has 608 valence electrons. The maximum Gasteiger partial charge on any atom is 0.488 e. The van der Waals surface area contributed by atoms with Gasteiger partial charge in [0.1, 0.15) is 56.4 Å². The van der Waals surface area contributed by atoms with E-state index in [2.05, 4.69) is 72.1 Å². The maximum absolute atomic E-state index is 14.1. The van der Waals surface area contributed by atoms with Gasteiger partial charge in [-0.15, -0.1) is 0 Å². The topological polar surface area (TPSA) is 298 Å². The van der Waals surface area contributed by atoms with E-state index in [-0.39, 0.29) is 62.3 Å². The first-order chi connectivity index (χ1) is 54.8. The summed E-state index contributed by atoms with van der Waals surface area (Å²) in [7, 11) is 2.53. The van der Waals surface area contributed by atoms with Gasteiger partial charge in [-0.1, -0.05) is 36.2 Å². The van der Waals surface area contributed by atoms with E-state index in [0.29, 0.717) is 109 Å². The summed E-state index contributed by atoms with van der Waals surface area (Å²) in [5.74, 6) is 0.806. The highest BCUT2D eigenvalue weighted by Gasteiger charge is 2.29. The Kier molecular flexibility index (Phi) is 29.9. The molecule has 35 heteroatoms. The van der Waals surface area contributed by atoms with Crippen LogP contribution in [0.4, 0.5) is 40.2 Å². The Balaban J connectivity index is 0.000000155. The number of carbonyl (C=O) groups is 2. The number of nitrogens with one attached hydrogen (secondary N) is 2. The zero-order valence-corrected chi connectivity index (χ0v) is 68.9. The highest BCUT2D eigenvalue weighted by Crippen LogP contribution is 2.29. The fraction of sp³-hybridized carbons (Fsp3) is 0.350. The molecule has 0 saturated carbocycles. The molecule has 0 atom stereocenters. The number of pyridine rings is 4. The zero-order valence-electron chi connectivity index (χ0n) is 65.0. The van der Waals surface area contributed by atoms with Crippen LogP contribution in [0.25, 0.3) is 44.8 Å². The van der Waals surface area contributed by atoms with E-state index in [0.717, 1.165) is 46.8 Å². The minimum atomic E-state index is -1.65. The summed E-state index contributed by atoms with van der Waals surface area (Å²) in [5.41, 5.74) is 3.28. The number of aromatic nitrogens is 8. The highest BCUT2D eigenvalue weighted by molar-refractivity contribution is 9.10. The number of piperazine rings is 3. The van der Waals surface area contributed by atoms with Gasteiger partial charge in [0.05, 0.1) is 21.3 Å². The van der Waals surface area contributed by atoms with E-state index < -0.39 is 35.8 Å². The van der Waals surface area contributed by atoms with Crippen LogP contribution >= 0.6 is 43.5 Å². The first-order valence-corrected chi connectivity index (χ1v) is 38.9. The van der Waals surface area contributed by atoms with Gasteiger partial charge in [-0.3, -0.25) is 36.8 Å². The second kappa shape index (κ2) is 39.6. The van der Waals surface area contributed by atoms with Gasteiger partial charge in [0.15, 0.2) is 34.7 Å². The lowest BCUT2D eigenvalue weighted by Crippen LogP contribution is -2.50. The number of rotatable bonds is 9. The summed E-state index contributed by atoms with van der Waals surface area (Å²) in [4.78, 5) is 101. The molecule has 0 aliphatic carbocycles. The van der Waals surface area contributed by atoms with Crippen molar-refractivity contribution < 1.29 is 56.5 Å². The van der Waals surface area contributed by atoms with Crippen molar-refractivity contribution in [3.63, 3.8) is 0 Å². The number of fused-ring (bicyclic) bond motifs is 4. The van der Waals surface area contributed by atoms with Crippen molar-refractivity contribution in [2.45, 2.75) is 72.0 Å². The number of hydrogen-bond acceptors (Lipinski definition) is 22. The van der Waals surface area contributed by atoms with Crippen LogP contribution in [0.2, 0.25) is 5.15 Å². The van der Waals surface area contributed by atoms with E-state index >= 15 is 0 Å². The van der Waals surface area contributed by atoms with E-state index in [1.165, 1.54) is 114 Å². The average molecular weight is 1730 g/mol. The Labute approximate surface area is 683 Å². The number of amides is 2. The number of carbonyl (C=O) groups excluding carboxylic acids is 2. The van der Waals surface area contributed by atoms with Crippen LogP contribution in [0.15, 0.2) is 180 Å². The molecule has 4 aliphatic rings. The zero-order chi connectivity index (χ0) is 82.8. The lowest BCUT2D eigenvalue weighted by atomic mass is 9.80. The van der Waals surface area contributed by atoms with Gasteiger partial charge in [-0.25, -0.2) is 42.7 Å². The number of nitrogens with zero attached hydrogens (tertiary/aromatic N) is 13. The van der Waals surface area contributed by atoms with E-state index in [1.807, 2.05) is 63.5 Å². The first kappa shape index (κ1) is 86.8. The third-order valence-corrected chi connectivity index (χ3v) is 19.2. The molecular weight excluding hydrogens is 1640 g/mol. The molecule has 0 spiro atoms. The predicted molar refractivity (Wildman–Crippen MR) is 445 cm³/mol. The van der Waals surface area contributed by atoms with Gasteiger partial charge in [-0.2, -0.15) is 0 Å². The fourth-order valence-corrected chi connectivity index (χ4v) is 13.1. The van der Waals surface area contributed by atoms with Crippen molar-refractivity contribution >= 4 is 108 Å². The van der Waals surface area contributed by atoms with Crippen LogP contribution in [0.3, 0.4) is 0 Å². The van der Waals surface area contributed by atoms with E-state index in [4.69, 9.17) is 40.6 Å². The molecule has 12 heterocycles. The van der Waals surface area contributed by atoms with Crippen molar-refractivity contribution in [3.05, 3.63) is 225 Å². The summed E-state index contributed by atoms with van der Waals surface area (Å²) in [6.45, 7) is 21.3. The van der Waals surface area contributed by atoms with E-state index in [1.54, 1.807) is 101 Å². The fourth-order valence-electron chi connectivity index (χ4n) is 12.2. The van der Waals surface area contributed by atoms with Crippen molar-refractivity contribution in [2.24, 2.45) is 0 Å². The molecule has 0 radical (unpaired) electrons. The highest BCUT2D eigenvalue weighted by atomic mass is 79.9. The number of halogens is 6. The van der Waals surface area contributed by atoms with Gasteiger partial charge in [0, 0.05) is 137 Å². The molecule has 8 aromatic heterocycles. The van der Waals surface area contributed by atoms with E-state index in [9.17, 15) is 41.9 Å². The second-order valence-electron chi connectivity index (χ2n) is 28.6. The molecule has 4 saturated heterocycles. The lowest BCUT2D eigenvalue weighted by Gasteiger charge is -2.36. The molecule has 15 rings (SSSR count). The van der Waals surface area contributed by atoms with Crippen molar-refractivity contribution in [1.29, 1.82) is 0 Å². The second-order valence-corrected chi connectivity index (χ2v) is 30.9. The maximum atomic E-state index is 14.1. The van der Waals surface area contributed by atoms with Gasteiger partial charge in [0.2, 0.25) is 0 Å². The Morgan fingerprint density at radius 3 is 1.11 bits per heavy atom. The van der Waals surface area contributed by atoms with Crippen molar-refractivity contribution in [3.8, 4) is 39.5 Å². The van der Waals surface area contributed by atoms with Crippen LogP contribution in [0.5, 0.6) is 17.2 Å². The van der Waals surface area contributed by atoms with Crippen molar-refractivity contribution in [2.75, 3.05) is 128 Å². The predicted octanol–water partition coefficient (Wildman–Crippen LogP) is 10.4. The number of ether oxygens (including phenoxy) is 5. The summed E-state index contributed by atoms with van der Waals surface area (Å²) >= 11 is 12.2. The van der Waals surface area contributed by atoms with Gasteiger partial charge >= 0.3 is 19.3 Å². The van der Waals surface area contributed by atoms with Crippen LogP contribution < -0.4 is 67.2 Å². The summed E-state index contributed by atoms with van der Waals surface area (Å²) in [6, 6.07) is 33.3. The molecule has 0 bridgehead atoms. The molecule has 0 unspecified atom stereocenters. The molecular formula is C80H90BBr2ClF3N15O13. The molecule has 28 nitrogen and oxygen atoms in total. The molecule has 3 aromatic carbocycles. The van der Waals surface area contributed by atoms with Crippen LogP contribution in [0.1, 0.15) is 60.8 Å². The molecule has 4 aliphatic heterocycles. The molecule has 4 fully saturated rings. The summed E-state index contributed by atoms with van der Waals surface area (Å²) in [5, 5.41) is 24.1. The smallest absolute Gasteiger partial charge is 0.488 e. The Hall–Kier alpha value is -10.6. The first-order valence-electron chi connectivity index (χ1n) is 36.9. The Morgan fingerprint density at radius 2 is 0.765 bits per heavy atom. The third-order valence-electron chi connectivity index (χ3n) is 18.1. The van der Waals surface area contributed by atoms with Crippen LogP contribution in [0, 0.1) is 17.5 Å². The van der Waals surface area contributed by atoms with Crippen molar-refractivity contribution in [1.82, 2.24) is 58.0 Å². The largest absolute Gasteiger partial charge is 0.494 e. The Morgan fingerprint density at radius 1 is 0.426 bits per heavy atom. The number of anilines is 3. The molecule has 11 aromatic rings. The van der Waals surface area contributed by atoms with Gasteiger partial charge in [0.25, 0.3) is 22.2 Å². The van der Waals surface area contributed by atoms with Gasteiger partial charge in [-0.05, 0) is 212 Å². The number of hydrogen-bond donors (Lipinski definition) is 4. The third kappa shape index (κ3) is 24.0. The average Bonchev–Trinajstić information content (AvgIpc) is 0.795. The minimum absolute atomic E-state index is 0.0828. The standard InChI is InChI=1S/C24H27FN4O4.C19H19FN4O2.C17H21BrN4O3.C8H4BrClN2O.C7H8BFO3.C5H11N/c1-24(2,3)33-23(31)28-11-9-27(10-12-28)21-14-22(30)29-15-17(6-8-20(29)26-21)16-5-7-19(32-4)18(25)13-16;1-26-16-4-2-13(10-15(16)20)14-3-5-17-22-18(11-19(25)24(17)12-14)23-8-6-21-7-9-23;1-17(2,3)25-16(24)21-8-6-20(7-9-21)14-10-15(23)22-11-12(18)4-5-13(22)19-14;9-5-1-2-7-11-6(10)3-8(13)12(7)4-5;1-12-7-3-2-5(8(10)11)4-6(7)9;1-2-4-6-5-3-1/h5-8,13-15H,9-12H2,1-4H3;2-5,10-12,21H,6-9H2,1H3;4-5,10-11H,6-9H2,1-3H3;1-4H;2-4,10-11H,1H3;6H,1-5H2. The van der Waals surface area contributed by atoms with Crippen LogP contribution in [-0.4, -0.2) is 201 Å². The minimum Gasteiger partial charge on any atom is -0.494 e. The summed E-state index contributed by atoms with van der Waals surface area (Å²) in [6.07, 6.45) is 10.3. The van der Waals surface area contributed by atoms with Gasteiger partial charge < -0.3 is 68.9 Å². The molecule has 2 amide bonds. The monoisotopic (exact) mass is 1730 g/mol. The number of piperidine rings is 1. The molecule has 4 N–H and O–H groups in total.